The van der Waals surface area contributed by atoms with Crippen LogP contribution in [0.25, 0.3) is 0 Å². The lowest BCUT2D eigenvalue weighted by Crippen LogP contribution is -2.41. The van der Waals surface area contributed by atoms with Gasteiger partial charge in [0.05, 0.1) is 6.54 Å². The third-order valence-electron chi connectivity index (χ3n) is 5.54. The van der Waals surface area contributed by atoms with Crippen molar-refractivity contribution in [2.45, 2.75) is 32.7 Å². The summed E-state index contributed by atoms with van der Waals surface area (Å²) in [7, 11) is 0. The summed E-state index contributed by atoms with van der Waals surface area (Å²) in [6.07, 6.45) is 1.96. The Bertz CT molecular complexity index is 959. The topological polar surface area (TPSA) is 79.9 Å². The van der Waals surface area contributed by atoms with Gasteiger partial charge in [0.25, 0.3) is 0 Å². The highest BCUT2D eigenvalue weighted by Crippen LogP contribution is 2.37. The highest BCUT2D eigenvalue weighted by Gasteiger charge is 2.29. The van der Waals surface area contributed by atoms with Gasteiger partial charge >= 0.3 is 6.03 Å². The molecule has 1 saturated heterocycles. The molecule has 0 bridgehead atoms. The van der Waals surface area contributed by atoms with Crippen molar-refractivity contribution in [2.75, 3.05) is 31.6 Å². The second-order valence-electron chi connectivity index (χ2n) is 7.85. The van der Waals surface area contributed by atoms with Crippen molar-refractivity contribution in [2.24, 2.45) is 0 Å². The van der Waals surface area contributed by atoms with Gasteiger partial charge in [-0.2, -0.15) is 0 Å². The summed E-state index contributed by atoms with van der Waals surface area (Å²) in [6, 6.07) is 11.3. The lowest BCUT2D eigenvalue weighted by atomic mass is 10.0. The van der Waals surface area contributed by atoms with E-state index in [0.717, 1.165) is 47.6 Å². The van der Waals surface area contributed by atoms with Gasteiger partial charge in [0.2, 0.25) is 5.91 Å². The first-order valence-corrected chi connectivity index (χ1v) is 10.3. The van der Waals surface area contributed by atoms with E-state index in [-0.39, 0.29) is 18.5 Å². The van der Waals surface area contributed by atoms with E-state index in [1.807, 2.05) is 50.2 Å². The Labute approximate surface area is 176 Å². The van der Waals surface area contributed by atoms with E-state index in [2.05, 4.69) is 15.5 Å². The van der Waals surface area contributed by atoms with Crippen LogP contribution in [0.1, 0.15) is 35.6 Å². The predicted octanol–water partition coefficient (Wildman–Crippen LogP) is 3.56. The van der Waals surface area contributed by atoms with Crippen LogP contribution in [0.3, 0.4) is 0 Å². The molecule has 0 aliphatic carbocycles. The maximum absolute atomic E-state index is 12.5. The van der Waals surface area contributed by atoms with Gasteiger partial charge in [-0.25, -0.2) is 4.79 Å². The fraction of sp³-hybridized carbons (Fsp3) is 0.391. The van der Waals surface area contributed by atoms with Crippen LogP contribution in [0.5, 0.6) is 11.5 Å². The monoisotopic (exact) mass is 409 g/mol. The molecule has 7 heteroatoms. The standard InChI is InChI=1S/C23H27N3O4/c1-15-5-7-18(16(2)12-15)24-23(28)25-22(27)14-26-9-3-4-19(26)17-6-8-20-21(13-17)30-11-10-29-20/h5-8,12-13,19H,3-4,9-11,14H2,1-2H3,(H2,24,25,27,28). The van der Waals surface area contributed by atoms with Crippen molar-refractivity contribution in [1.82, 2.24) is 10.2 Å². The molecule has 1 fully saturated rings. The van der Waals surface area contributed by atoms with Crippen LogP contribution < -0.4 is 20.1 Å². The minimum atomic E-state index is -0.512. The van der Waals surface area contributed by atoms with Gasteiger partial charge < -0.3 is 14.8 Å². The fourth-order valence-corrected chi connectivity index (χ4v) is 4.12. The first-order valence-electron chi connectivity index (χ1n) is 10.3. The summed E-state index contributed by atoms with van der Waals surface area (Å²) >= 11 is 0. The lowest BCUT2D eigenvalue weighted by Gasteiger charge is -2.26. The van der Waals surface area contributed by atoms with Gasteiger partial charge in [-0.3, -0.25) is 15.0 Å². The molecule has 0 aromatic heterocycles. The number of nitrogens with zero attached hydrogens (tertiary/aromatic N) is 1. The molecule has 2 N–H and O–H groups in total. The van der Waals surface area contributed by atoms with E-state index in [9.17, 15) is 9.59 Å². The highest BCUT2D eigenvalue weighted by atomic mass is 16.6. The number of amides is 3. The molecule has 0 saturated carbocycles. The second kappa shape index (κ2) is 8.75. The number of fused-ring (bicyclic) bond motifs is 1. The van der Waals surface area contributed by atoms with E-state index in [4.69, 9.17) is 9.47 Å². The number of aryl methyl sites for hydroxylation is 2. The quantitative estimate of drug-likeness (QED) is 0.807. The van der Waals surface area contributed by atoms with Crippen molar-refractivity contribution in [1.29, 1.82) is 0 Å². The number of anilines is 1. The number of hydrogen-bond donors (Lipinski definition) is 2. The summed E-state index contributed by atoms with van der Waals surface area (Å²) in [5.41, 5.74) is 3.87. The Morgan fingerprint density at radius 1 is 1.07 bits per heavy atom. The van der Waals surface area contributed by atoms with Crippen molar-refractivity contribution >= 4 is 17.6 Å². The number of ether oxygens (including phenoxy) is 2. The molecule has 158 valence electrons. The van der Waals surface area contributed by atoms with Crippen LogP contribution in [0.4, 0.5) is 10.5 Å². The van der Waals surface area contributed by atoms with Crippen molar-refractivity contribution < 1.29 is 19.1 Å². The molecule has 1 unspecified atom stereocenters. The van der Waals surface area contributed by atoms with E-state index in [1.165, 1.54) is 0 Å². The van der Waals surface area contributed by atoms with Crippen LogP contribution in [-0.2, 0) is 4.79 Å². The molecule has 1 atom stereocenters. The molecule has 4 rings (SSSR count). The molecule has 2 heterocycles. The third kappa shape index (κ3) is 4.57. The molecule has 30 heavy (non-hydrogen) atoms. The van der Waals surface area contributed by atoms with Crippen molar-refractivity contribution in [3.8, 4) is 11.5 Å². The predicted molar refractivity (Wildman–Crippen MR) is 114 cm³/mol. The van der Waals surface area contributed by atoms with Crippen molar-refractivity contribution in [3.63, 3.8) is 0 Å². The molecular formula is C23H27N3O4. The largest absolute Gasteiger partial charge is 0.486 e. The van der Waals surface area contributed by atoms with E-state index in [0.29, 0.717) is 18.9 Å². The minimum absolute atomic E-state index is 0.119. The minimum Gasteiger partial charge on any atom is -0.486 e. The van der Waals surface area contributed by atoms with Gasteiger partial charge in [-0.15, -0.1) is 0 Å². The molecule has 0 spiro atoms. The normalized spacial score (nSPS) is 18.1. The Balaban J connectivity index is 1.36. The summed E-state index contributed by atoms with van der Waals surface area (Å²) in [5.74, 6) is 1.19. The van der Waals surface area contributed by atoms with Crippen LogP contribution >= 0.6 is 0 Å². The van der Waals surface area contributed by atoms with E-state index in [1.54, 1.807) is 0 Å². The van der Waals surface area contributed by atoms with Gasteiger partial charge in [0.1, 0.15) is 13.2 Å². The number of urea groups is 1. The Hall–Kier alpha value is -3.06. The maximum atomic E-state index is 12.5. The maximum Gasteiger partial charge on any atom is 0.325 e. The number of carbonyl (C=O) groups is 2. The zero-order valence-corrected chi connectivity index (χ0v) is 17.4. The fourth-order valence-electron chi connectivity index (χ4n) is 4.12. The van der Waals surface area contributed by atoms with Gasteiger partial charge in [0, 0.05) is 11.7 Å². The Morgan fingerprint density at radius 3 is 2.67 bits per heavy atom. The summed E-state index contributed by atoms with van der Waals surface area (Å²) in [5, 5.41) is 5.19. The first kappa shape index (κ1) is 20.2. The van der Waals surface area contributed by atoms with E-state index >= 15 is 0 Å². The molecular weight excluding hydrogens is 382 g/mol. The smallest absolute Gasteiger partial charge is 0.325 e. The number of imide groups is 1. The van der Waals surface area contributed by atoms with Gasteiger partial charge in [-0.1, -0.05) is 23.8 Å². The highest BCUT2D eigenvalue weighted by molar-refractivity contribution is 6.02. The van der Waals surface area contributed by atoms with Crippen molar-refractivity contribution in [3.05, 3.63) is 53.1 Å². The van der Waals surface area contributed by atoms with E-state index < -0.39 is 6.03 Å². The van der Waals surface area contributed by atoms with Gasteiger partial charge in [0.15, 0.2) is 11.5 Å². The summed E-state index contributed by atoms with van der Waals surface area (Å²) in [4.78, 5) is 26.8. The summed E-state index contributed by atoms with van der Waals surface area (Å²) < 4.78 is 11.3. The second-order valence-corrected chi connectivity index (χ2v) is 7.85. The van der Waals surface area contributed by atoms with Crippen LogP contribution in [0.2, 0.25) is 0 Å². The number of nitrogens with one attached hydrogen (secondary N) is 2. The third-order valence-corrected chi connectivity index (χ3v) is 5.54. The number of benzene rings is 2. The first-order chi connectivity index (χ1) is 14.5. The molecule has 3 amide bonds. The Kier molecular flexibility index (Phi) is 5.90. The zero-order valence-electron chi connectivity index (χ0n) is 17.4. The molecule has 2 aromatic rings. The van der Waals surface area contributed by atoms with Crippen LogP contribution in [0, 0.1) is 13.8 Å². The number of hydrogen-bond acceptors (Lipinski definition) is 5. The van der Waals surface area contributed by atoms with Crippen LogP contribution in [-0.4, -0.2) is 43.1 Å². The average Bonchev–Trinajstić information content (AvgIpc) is 3.17. The number of likely N-dealkylation sites (tertiary alicyclic amines) is 1. The number of carbonyl (C=O) groups excluding carboxylic acids is 2. The SMILES string of the molecule is Cc1ccc(NC(=O)NC(=O)CN2CCCC2c2ccc3c(c2)OCCO3)c(C)c1. The molecule has 2 aliphatic heterocycles. The zero-order chi connectivity index (χ0) is 21.1. The molecule has 2 aliphatic rings. The average molecular weight is 409 g/mol. The molecule has 0 radical (unpaired) electrons. The number of rotatable bonds is 4. The van der Waals surface area contributed by atoms with Gasteiger partial charge in [-0.05, 0) is 62.6 Å². The lowest BCUT2D eigenvalue weighted by molar-refractivity contribution is -0.121. The molecule has 2 aromatic carbocycles. The van der Waals surface area contributed by atoms with Crippen LogP contribution in [0.15, 0.2) is 36.4 Å². The summed E-state index contributed by atoms with van der Waals surface area (Å²) in [6.45, 7) is 6.00. The molecule has 7 nitrogen and oxygen atoms in total. The Morgan fingerprint density at radius 2 is 1.87 bits per heavy atom.